The minimum Gasteiger partial charge on any atom is -0.497 e. The number of aromatic amines is 1. The summed E-state index contributed by atoms with van der Waals surface area (Å²) in [6, 6.07) is 15.1. The minimum absolute atomic E-state index is 0.109. The maximum absolute atomic E-state index is 14.2. The molecular weight excluding hydrogens is 598 g/mol. The Morgan fingerprint density at radius 2 is 1.64 bits per heavy atom. The van der Waals surface area contributed by atoms with Crippen LogP contribution in [-0.2, 0) is 37.4 Å². The molecule has 0 bridgehead atoms. The first-order valence-electron chi connectivity index (χ1n) is 16.2. The molecular formula is C36H47N5O6. The van der Waals surface area contributed by atoms with Crippen molar-refractivity contribution in [2.45, 2.75) is 89.3 Å². The molecule has 4 rings (SSSR count). The zero-order valence-corrected chi connectivity index (χ0v) is 28.0. The van der Waals surface area contributed by atoms with Gasteiger partial charge in [-0.05, 0) is 63.3 Å². The highest BCUT2D eigenvalue weighted by molar-refractivity contribution is 5.93. The number of alkyl carbamates (subject to hydrolysis) is 1. The average molecular weight is 646 g/mol. The maximum atomic E-state index is 14.2. The van der Waals surface area contributed by atoms with E-state index < -0.39 is 35.1 Å². The fraction of sp³-hybridized carbons (Fsp3) is 0.472. The zero-order chi connectivity index (χ0) is 34.0. The molecule has 11 nitrogen and oxygen atoms in total. The third-order valence-electron chi connectivity index (χ3n) is 8.47. The van der Waals surface area contributed by atoms with Gasteiger partial charge in [-0.25, -0.2) is 9.78 Å². The monoisotopic (exact) mass is 645 g/mol. The van der Waals surface area contributed by atoms with Crippen molar-refractivity contribution in [1.29, 1.82) is 0 Å². The van der Waals surface area contributed by atoms with Crippen LogP contribution >= 0.6 is 0 Å². The SMILES string of the molecule is CCCC(=O)C1(c2ccccc2)CCN(C(=O)[C@@H](Cc2ccc(OC)cc2)NC(=O)[C@H](Cc2cnc[nH]2)NC(=O)OC(C)(C)C)CC1. The molecule has 2 heterocycles. The number of ether oxygens (including phenoxy) is 2. The Hall–Kier alpha value is -4.67. The molecule has 47 heavy (non-hydrogen) atoms. The number of nitrogens with one attached hydrogen (secondary N) is 3. The normalized spacial score (nSPS) is 15.6. The molecule has 3 aromatic rings. The molecule has 1 fully saturated rings. The number of likely N-dealkylation sites (tertiary alicyclic amines) is 1. The predicted molar refractivity (Wildman–Crippen MR) is 178 cm³/mol. The summed E-state index contributed by atoms with van der Waals surface area (Å²) in [5, 5.41) is 5.60. The summed E-state index contributed by atoms with van der Waals surface area (Å²) in [4.78, 5) is 63.1. The molecule has 2 atom stereocenters. The number of imidazole rings is 1. The van der Waals surface area contributed by atoms with Crippen molar-refractivity contribution in [3.05, 3.63) is 83.9 Å². The molecule has 11 heteroatoms. The van der Waals surface area contributed by atoms with Gasteiger partial charge in [-0.1, -0.05) is 49.4 Å². The van der Waals surface area contributed by atoms with Crippen LogP contribution in [-0.4, -0.2) is 76.4 Å². The summed E-state index contributed by atoms with van der Waals surface area (Å²) in [6.07, 6.45) is 4.85. The lowest BCUT2D eigenvalue weighted by atomic mass is 9.68. The molecule has 0 spiro atoms. The Balaban J connectivity index is 1.57. The molecule has 1 aliphatic heterocycles. The van der Waals surface area contributed by atoms with Gasteiger partial charge in [0.2, 0.25) is 11.8 Å². The molecule has 1 saturated heterocycles. The fourth-order valence-corrected chi connectivity index (χ4v) is 6.03. The minimum atomic E-state index is -1.05. The maximum Gasteiger partial charge on any atom is 0.408 e. The highest BCUT2D eigenvalue weighted by atomic mass is 16.6. The number of aromatic nitrogens is 2. The van der Waals surface area contributed by atoms with Crippen LogP contribution in [0.25, 0.3) is 0 Å². The van der Waals surface area contributed by atoms with Gasteiger partial charge in [0, 0.05) is 44.2 Å². The molecule has 1 aliphatic rings. The van der Waals surface area contributed by atoms with E-state index in [4.69, 9.17) is 9.47 Å². The van der Waals surface area contributed by atoms with Crippen LogP contribution in [0.5, 0.6) is 5.75 Å². The van der Waals surface area contributed by atoms with E-state index in [1.165, 1.54) is 6.33 Å². The largest absolute Gasteiger partial charge is 0.497 e. The van der Waals surface area contributed by atoms with Crippen LogP contribution in [0.15, 0.2) is 67.1 Å². The van der Waals surface area contributed by atoms with Crippen molar-refractivity contribution in [3.63, 3.8) is 0 Å². The Labute approximate surface area is 276 Å². The Morgan fingerprint density at radius 1 is 0.957 bits per heavy atom. The second-order valence-corrected chi connectivity index (χ2v) is 13.0. The molecule has 3 amide bonds. The molecule has 0 radical (unpaired) electrons. The third kappa shape index (κ3) is 9.43. The number of Topliss-reactive ketones (excluding diaryl/α,β-unsaturated/α-hetero) is 1. The van der Waals surface area contributed by atoms with Gasteiger partial charge < -0.3 is 30.0 Å². The van der Waals surface area contributed by atoms with Gasteiger partial charge in [-0.2, -0.15) is 0 Å². The number of piperidine rings is 1. The first-order valence-corrected chi connectivity index (χ1v) is 16.2. The predicted octanol–water partition coefficient (Wildman–Crippen LogP) is 4.51. The number of hydrogen-bond donors (Lipinski definition) is 3. The second-order valence-electron chi connectivity index (χ2n) is 13.0. The first-order chi connectivity index (χ1) is 22.4. The lowest BCUT2D eigenvalue weighted by Crippen LogP contribution is -2.58. The van der Waals surface area contributed by atoms with Crippen LogP contribution in [0.1, 0.15) is 70.2 Å². The van der Waals surface area contributed by atoms with Gasteiger partial charge in [-0.3, -0.25) is 14.4 Å². The quantitative estimate of drug-likeness (QED) is 0.248. The summed E-state index contributed by atoms with van der Waals surface area (Å²) in [5.74, 6) is 0.0746. The van der Waals surface area contributed by atoms with Crippen molar-refractivity contribution in [3.8, 4) is 5.75 Å². The van der Waals surface area contributed by atoms with Crippen molar-refractivity contribution >= 4 is 23.7 Å². The Morgan fingerprint density at radius 3 is 2.21 bits per heavy atom. The molecule has 1 aromatic heterocycles. The number of carbonyl (C=O) groups excluding carboxylic acids is 4. The first kappa shape index (κ1) is 35.2. The molecule has 252 valence electrons. The lowest BCUT2D eigenvalue weighted by molar-refractivity contribution is -0.140. The summed E-state index contributed by atoms with van der Waals surface area (Å²) in [7, 11) is 1.58. The highest BCUT2D eigenvalue weighted by Crippen LogP contribution is 2.38. The van der Waals surface area contributed by atoms with Gasteiger partial charge in [0.15, 0.2) is 0 Å². The highest BCUT2D eigenvalue weighted by Gasteiger charge is 2.43. The van der Waals surface area contributed by atoms with E-state index in [1.807, 2.05) is 49.4 Å². The van der Waals surface area contributed by atoms with Crippen LogP contribution in [0.2, 0.25) is 0 Å². The molecule has 0 saturated carbocycles. The van der Waals surface area contributed by atoms with E-state index in [9.17, 15) is 19.2 Å². The molecule has 3 N–H and O–H groups in total. The third-order valence-corrected chi connectivity index (χ3v) is 8.47. The second kappa shape index (κ2) is 15.8. The average Bonchev–Trinajstić information content (AvgIpc) is 3.57. The van der Waals surface area contributed by atoms with E-state index in [-0.39, 0.29) is 24.5 Å². The molecule has 0 unspecified atom stereocenters. The number of methoxy groups -OCH3 is 1. The van der Waals surface area contributed by atoms with E-state index in [2.05, 4.69) is 20.6 Å². The Bertz CT molecular complexity index is 1480. The van der Waals surface area contributed by atoms with Crippen LogP contribution in [0, 0.1) is 0 Å². The number of rotatable bonds is 13. The summed E-state index contributed by atoms with van der Waals surface area (Å²) >= 11 is 0. The van der Waals surface area contributed by atoms with Crippen molar-refractivity contribution < 1.29 is 28.7 Å². The van der Waals surface area contributed by atoms with Gasteiger partial charge in [0.25, 0.3) is 0 Å². The lowest BCUT2D eigenvalue weighted by Gasteiger charge is -2.42. The van der Waals surface area contributed by atoms with Gasteiger partial charge in [-0.15, -0.1) is 0 Å². The van der Waals surface area contributed by atoms with Crippen LogP contribution in [0.3, 0.4) is 0 Å². The van der Waals surface area contributed by atoms with Crippen LogP contribution in [0.4, 0.5) is 4.79 Å². The van der Waals surface area contributed by atoms with E-state index in [0.717, 1.165) is 17.5 Å². The van der Waals surface area contributed by atoms with Gasteiger partial charge in [0.05, 0.1) is 18.9 Å². The molecule has 2 aromatic carbocycles. The number of nitrogens with zero attached hydrogens (tertiary/aromatic N) is 2. The zero-order valence-electron chi connectivity index (χ0n) is 28.0. The van der Waals surface area contributed by atoms with E-state index >= 15 is 0 Å². The van der Waals surface area contributed by atoms with Crippen molar-refractivity contribution in [1.82, 2.24) is 25.5 Å². The summed E-state index contributed by atoms with van der Waals surface area (Å²) in [5.41, 5.74) is 0.999. The molecule has 0 aliphatic carbocycles. The number of ketones is 1. The smallest absolute Gasteiger partial charge is 0.408 e. The number of benzene rings is 2. The number of carbonyl (C=O) groups is 4. The topological polar surface area (TPSA) is 143 Å². The van der Waals surface area contributed by atoms with Crippen molar-refractivity contribution in [2.75, 3.05) is 20.2 Å². The van der Waals surface area contributed by atoms with E-state index in [1.54, 1.807) is 51.1 Å². The number of amides is 3. The number of hydrogen-bond acceptors (Lipinski definition) is 7. The van der Waals surface area contributed by atoms with E-state index in [0.29, 0.717) is 43.8 Å². The number of H-pyrrole nitrogens is 1. The summed E-state index contributed by atoms with van der Waals surface area (Å²) in [6.45, 7) is 7.94. The van der Waals surface area contributed by atoms with Gasteiger partial charge in [0.1, 0.15) is 29.2 Å². The van der Waals surface area contributed by atoms with Crippen molar-refractivity contribution in [2.24, 2.45) is 0 Å². The summed E-state index contributed by atoms with van der Waals surface area (Å²) < 4.78 is 10.7. The van der Waals surface area contributed by atoms with Crippen LogP contribution < -0.4 is 15.4 Å². The standard InChI is InChI=1S/C36H47N5O6/c1-6-10-31(42)36(26-11-8-7-9-12-26)17-19-41(20-18-36)33(44)30(21-25-13-15-28(46-5)16-14-25)39-32(43)29(22-27-23-37-24-38-27)40-34(45)47-35(2,3)4/h7-9,11-16,23-24,29-30H,6,10,17-22H2,1-5H3,(H,37,38)(H,39,43)(H,40,45)/t29-,30+/m0/s1. The van der Waals surface area contributed by atoms with Gasteiger partial charge >= 0.3 is 6.09 Å². The Kier molecular flexibility index (Phi) is 11.8. The fourth-order valence-electron chi connectivity index (χ4n) is 6.03.